The van der Waals surface area contributed by atoms with Gasteiger partial charge in [0, 0.05) is 25.6 Å². The molecule has 4 heteroatoms. The fourth-order valence-corrected chi connectivity index (χ4v) is 2.38. The van der Waals surface area contributed by atoms with Crippen LogP contribution >= 0.6 is 0 Å². The topological polar surface area (TPSA) is 52.6 Å². The Morgan fingerprint density at radius 1 is 1.47 bits per heavy atom. The Labute approximate surface area is 114 Å². The number of urea groups is 1. The minimum Gasteiger partial charge on any atom is -0.396 e. The van der Waals surface area contributed by atoms with Crippen molar-refractivity contribution in [3.63, 3.8) is 0 Å². The van der Waals surface area contributed by atoms with Crippen molar-refractivity contribution in [1.29, 1.82) is 0 Å². The Bertz CT molecular complexity index is 430. The summed E-state index contributed by atoms with van der Waals surface area (Å²) in [6, 6.07) is 8.15. The Morgan fingerprint density at radius 3 is 2.74 bits per heavy atom. The second kappa shape index (κ2) is 6.06. The van der Waals surface area contributed by atoms with Crippen LogP contribution in [0.4, 0.5) is 4.79 Å². The number of carbonyl (C=O) groups excluding carboxylic acids is 1. The summed E-state index contributed by atoms with van der Waals surface area (Å²) in [5.74, 6) is 0.237. The molecule has 0 aliphatic carbocycles. The highest BCUT2D eigenvalue weighted by atomic mass is 16.3. The van der Waals surface area contributed by atoms with Gasteiger partial charge in [0.2, 0.25) is 0 Å². The van der Waals surface area contributed by atoms with Crippen LogP contribution in [0.25, 0.3) is 0 Å². The van der Waals surface area contributed by atoms with Gasteiger partial charge in [-0.25, -0.2) is 4.79 Å². The maximum Gasteiger partial charge on any atom is 0.317 e. The quantitative estimate of drug-likeness (QED) is 0.876. The van der Waals surface area contributed by atoms with Gasteiger partial charge in [0.05, 0.1) is 6.04 Å². The van der Waals surface area contributed by atoms with Gasteiger partial charge in [-0.3, -0.25) is 0 Å². The number of rotatable bonds is 3. The third kappa shape index (κ3) is 3.47. The molecule has 2 N–H and O–H groups in total. The van der Waals surface area contributed by atoms with Crippen LogP contribution in [0, 0.1) is 12.8 Å². The summed E-state index contributed by atoms with van der Waals surface area (Å²) in [5.41, 5.74) is 2.32. The summed E-state index contributed by atoms with van der Waals surface area (Å²) in [7, 11) is 0. The largest absolute Gasteiger partial charge is 0.396 e. The average Bonchev–Trinajstić information content (AvgIpc) is 2.88. The monoisotopic (exact) mass is 262 g/mol. The van der Waals surface area contributed by atoms with Gasteiger partial charge in [0.15, 0.2) is 0 Å². The zero-order chi connectivity index (χ0) is 13.8. The fraction of sp³-hybridized carbons (Fsp3) is 0.533. The number of hydrogen-bond donors (Lipinski definition) is 2. The molecule has 0 aromatic heterocycles. The molecule has 104 valence electrons. The van der Waals surface area contributed by atoms with E-state index >= 15 is 0 Å². The molecule has 1 fully saturated rings. The SMILES string of the molecule is Cc1ccc(C(C)NC(=O)N2CCC(CO)C2)cc1. The zero-order valence-corrected chi connectivity index (χ0v) is 11.6. The first-order valence-electron chi connectivity index (χ1n) is 6.83. The van der Waals surface area contributed by atoms with E-state index in [9.17, 15) is 4.79 Å². The lowest BCUT2D eigenvalue weighted by Crippen LogP contribution is -2.39. The van der Waals surface area contributed by atoms with E-state index in [0.717, 1.165) is 18.5 Å². The molecule has 2 atom stereocenters. The number of nitrogens with zero attached hydrogens (tertiary/aromatic N) is 1. The molecule has 1 aliphatic rings. The molecular formula is C15H22N2O2. The molecule has 0 saturated carbocycles. The van der Waals surface area contributed by atoms with Crippen LogP contribution in [0.1, 0.15) is 30.5 Å². The lowest BCUT2D eigenvalue weighted by atomic mass is 10.1. The Kier molecular flexibility index (Phi) is 4.43. The van der Waals surface area contributed by atoms with Crippen molar-refractivity contribution in [2.75, 3.05) is 19.7 Å². The van der Waals surface area contributed by atoms with E-state index in [-0.39, 0.29) is 24.6 Å². The molecule has 4 nitrogen and oxygen atoms in total. The minimum atomic E-state index is -0.0379. The molecule has 1 aromatic rings. The highest BCUT2D eigenvalue weighted by Gasteiger charge is 2.26. The summed E-state index contributed by atoms with van der Waals surface area (Å²) in [6.45, 7) is 5.59. The van der Waals surface area contributed by atoms with Crippen LogP contribution < -0.4 is 5.32 Å². The maximum atomic E-state index is 12.1. The van der Waals surface area contributed by atoms with Crippen LogP contribution in [-0.2, 0) is 0 Å². The number of amides is 2. The number of aryl methyl sites for hydroxylation is 1. The van der Waals surface area contributed by atoms with E-state index in [1.165, 1.54) is 5.56 Å². The molecule has 1 saturated heterocycles. The Balaban J connectivity index is 1.90. The molecule has 2 rings (SSSR count). The third-order valence-corrected chi connectivity index (χ3v) is 3.75. The number of nitrogens with one attached hydrogen (secondary N) is 1. The zero-order valence-electron chi connectivity index (χ0n) is 11.6. The van der Waals surface area contributed by atoms with Crippen molar-refractivity contribution >= 4 is 6.03 Å². The smallest absolute Gasteiger partial charge is 0.317 e. The first-order chi connectivity index (χ1) is 9.10. The molecule has 0 bridgehead atoms. The molecule has 0 spiro atoms. The van der Waals surface area contributed by atoms with Crippen molar-refractivity contribution in [2.24, 2.45) is 5.92 Å². The highest BCUT2D eigenvalue weighted by Crippen LogP contribution is 2.17. The van der Waals surface area contributed by atoms with Crippen molar-refractivity contribution in [1.82, 2.24) is 10.2 Å². The van der Waals surface area contributed by atoms with Gasteiger partial charge in [0.25, 0.3) is 0 Å². The van der Waals surface area contributed by atoms with Crippen LogP contribution in [0.15, 0.2) is 24.3 Å². The van der Waals surface area contributed by atoms with Gasteiger partial charge in [-0.05, 0) is 25.8 Å². The van der Waals surface area contributed by atoms with Crippen LogP contribution in [0.5, 0.6) is 0 Å². The van der Waals surface area contributed by atoms with Gasteiger partial charge in [-0.1, -0.05) is 29.8 Å². The van der Waals surface area contributed by atoms with E-state index in [4.69, 9.17) is 5.11 Å². The summed E-state index contributed by atoms with van der Waals surface area (Å²) in [6.07, 6.45) is 0.892. The van der Waals surface area contributed by atoms with Gasteiger partial charge < -0.3 is 15.3 Å². The van der Waals surface area contributed by atoms with Crippen LogP contribution in [0.3, 0.4) is 0 Å². The lowest BCUT2D eigenvalue weighted by molar-refractivity contribution is 0.195. The first kappa shape index (κ1) is 13.9. The second-order valence-corrected chi connectivity index (χ2v) is 5.37. The summed E-state index contributed by atoms with van der Waals surface area (Å²) >= 11 is 0. The van der Waals surface area contributed by atoms with E-state index in [2.05, 4.69) is 17.4 Å². The van der Waals surface area contributed by atoms with Gasteiger partial charge >= 0.3 is 6.03 Å². The number of likely N-dealkylation sites (tertiary alicyclic amines) is 1. The van der Waals surface area contributed by atoms with Gasteiger partial charge in [0.1, 0.15) is 0 Å². The lowest BCUT2D eigenvalue weighted by Gasteiger charge is -2.21. The van der Waals surface area contributed by atoms with Gasteiger partial charge in [-0.2, -0.15) is 0 Å². The molecule has 2 unspecified atom stereocenters. The van der Waals surface area contributed by atoms with E-state index in [0.29, 0.717) is 6.54 Å². The third-order valence-electron chi connectivity index (χ3n) is 3.75. The number of carbonyl (C=O) groups is 1. The summed E-state index contributed by atoms with van der Waals surface area (Å²) < 4.78 is 0. The highest BCUT2D eigenvalue weighted by molar-refractivity contribution is 5.75. The molecule has 1 aromatic carbocycles. The molecular weight excluding hydrogens is 240 g/mol. The number of aliphatic hydroxyl groups is 1. The maximum absolute atomic E-state index is 12.1. The predicted octanol–water partition coefficient (Wildman–Crippen LogP) is 2.08. The van der Waals surface area contributed by atoms with E-state index in [1.807, 2.05) is 26.0 Å². The summed E-state index contributed by atoms with van der Waals surface area (Å²) in [5, 5.41) is 12.1. The average molecular weight is 262 g/mol. The van der Waals surface area contributed by atoms with E-state index < -0.39 is 0 Å². The fourth-order valence-electron chi connectivity index (χ4n) is 2.38. The molecule has 0 radical (unpaired) electrons. The molecule has 19 heavy (non-hydrogen) atoms. The molecule has 1 aliphatic heterocycles. The molecule has 2 amide bonds. The van der Waals surface area contributed by atoms with Crippen molar-refractivity contribution < 1.29 is 9.90 Å². The van der Waals surface area contributed by atoms with Crippen molar-refractivity contribution in [3.05, 3.63) is 35.4 Å². The Morgan fingerprint density at radius 2 is 2.16 bits per heavy atom. The van der Waals surface area contributed by atoms with Gasteiger partial charge in [-0.15, -0.1) is 0 Å². The van der Waals surface area contributed by atoms with Crippen LogP contribution in [0.2, 0.25) is 0 Å². The minimum absolute atomic E-state index is 0.00118. The Hall–Kier alpha value is -1.55. The number of benzene rings is 1. The number of hydrogen-bond acceptors (Lipinski definition) is 2. The van der Waals surface area contributed by atoms with Crippen LogP contribution in [-0.4, -0.2) is 35.7 Å². The second-order valence-electron chi connectivity index (χ2n) is 5.37. The summed E-state index contributed by atoms with van der Waals surface area (Å²) in [4.78, 5) is 13.9. The predicted molar refractivity (Wildman–Crippen MR) is 74.9 cm³/mol. The standard InChI is InChI=1S/C15H22N2O2/c1-11-3-5-14(6-4-11)12(2)16-15(19)17-8-7-13(9-17)10-18/h3-6,12-13,18H,7-10H2,1-2H3,(H,16,19). The van der Waals surface area contributed by atoms with E-state index in [1.54, 1.807) is 4.90 Å². The first-order valence-corrected chi connectivity index (χ1v) is 6.83. The van der Waals surface area contributed by atoms with Crippen molar-refractivity contribution in [3.8, 4) is 0 Å². The molecule has 1 heterocycles. The van der Waals surface area contributed by atoms with Crippen molar-refractivity contribution in [2.45, 2.75) is 26.3 Å². The number of aliphatic hydroxyl groups excluding tert-OH is 1. The normalized spacial score (nSPS) is 20.4.